The number of esters is 1. The summed E-state index contributed by atoms with van der Waals surface area (Å²) in [7, 11) is 1.32. The van der Waals surface area contributed by atoms with Gasteiger partial charge in [-0.15, -0.1) is 0 Å². The van der Waals surface area contributed by atoms with Crippen LogP contribution in [0.3, 0.4) is 0 Å². The third-order valence-electron chi connectivity index (χ3n) is 5.54. The van der Waals surface area contributed by atoms with Crippen LogP contribution in [0.2, 0.25) is 0 Å². The van der Waals surface area contributed by atoms with E-state index < -0.39 is 5.97 Å². The van der Waals surface area contributed by atoms with Crippen molar-refractivity contribution < 1.29 is 14.3 Å². The lowest BCUT2D eigenvalue weighted by atomic mass is 10.00. The lowest BCUT2D eigenvalue weighted by molar-refractivity contribution is -0.0415. The molecule has 4 heterocycles. The van der Waals surface area contributed by atoms with Crippen molar-refractivity contribution in [2.45, 2.75) is 39.0 Å². The SMILES string of the molecule is CCc1cc2ncc(CN3C[C@H](Oc4ccc(C(=O)OC)nc4)[C@H]3C)cc2[nH]c1=O. The van der Waals surface area contributed by atoms with E-state index in [1.807, 2.05) is 25.3 Å². The fraction of sp³-hybridized carbons (Fsp3) is 0.364. The molecule has 2 atom stereocenters. The first-order chi connectivity index (χ1) is 14.5. The topological polar surface area (TPSA) is 97.4 Å². The molecule has 1 aliphatic heterocycles. The van der Waals surface area contributed by atoms with Crippen LogP contribution >= 0.6 is 0 Å². The van der Waals surface area contributed by atoms with Gasteiger partial charge in [-0.1, -0.05) is 6.92 Å². The third-order valence-corrected chi connectivity index (χ3v) is 5.54. The van der Waals surface area contributed by atoms with Gasteiger partial charge in [-0.05, 0) is 43.2 Å². The Morgan fingerprint density at radius 3 is 2.77 bits per heavy atom. The summed E-state index contributed by atoms with van der Waals surface area (Å²) in [5.74, 6) is 0.150. The molecule has 8 heteroatoms. The zero-order valence-electron chi connectivity index (χ0n) is 17.2. The van der Waals surface area contributed by atoms with Crippen LogP contribution in [0.25, 0.3) is 11.0 Å². The molecule has 1 saturated heterocycles. The molecule has 4 rings (SSSR count). The highest BCUT2D eigenvalue weighted by molar-refractivity contribution is 5.87. The molecular formula is C22H24N4O4. The molecular weight excluding hydrogens is 384 g/mol. The fourth-order valence-corrected chi connectivity index (χ4v) is 3.59. The van der Waals surface area contributed by atoms with Gasteiger partial charge in [0.05, 0.1) is 24.3 Å². The molecule has 3 aromatic heterocycles. The minimum absolute atomic E-state index is 0.0381. The van der Waals surface area contributed by atoms with E-state index in [9.17, 15) is 9.59 Å². The van der Waals surface area contributed by atoms with Crippen molar-refractivity contribution in [1.29, 1.82) is 0 Å². The Kier molecular flexibility index (Phi) is 5.50. The number of pyridine rings is 3. The van der Waals surface area contributed by atoms with Gasteiger partial charge in [0.2, 0.25) is 0 Å². The van der Waals surface area contributed by atoms with E-state index in [-0.39, 0.29) is 23.4 Å². The number of ether oxygens (including phenoxy) is 2. The number of likely N-dealkylation sites (tertiary alicyclic amines) is 1. The van der Waals surface area contributed by atoms with Gasteiger partial charge in [0.25, 0.3) is 5.56 Å². The number of hydrogen-bond acceptors (Lipinski definition) is 7. The number of nitrogens with zero attached hydrogens (tertiary/aromatic N) is 3. The molecule has 156 valence electrons. The first-order valence-corrected chi connectivity index (χ1v) is 9.94. The monoisotopic (exact) mass is 408 g/mol. The van der Waals surface area contributed by atoms with Gasteiger partial charge in [-0.25, -0.2) is 9.78 Å². The molecule has 1 fully saturated rings. The zero-order valence-corrected chi connectivity index (χ0v) is 17.2. The Balaban J connectivity index is 1.38. The number of aryl methyl sites for hydroxylation is 1. The molecule has 1 aliphatic rings. The largest absolute Gasteiger partial charge is 0.486 e. The van der Waals surface area contributed by atoms with Crippen LogP contribution in [-0.4, -0.2) is 51.6 Å². The number of fused-ring (bicyclic) bond motifs is 1. The number of rotatable bonds is 6. The van der Waals surface area contributed by atoms with Gasteiger partial charge in [0.1, 0.15) is 17.5 Å². The summed E-state index contributed by atoms with van der Waals surface area (Å²) in [4.78, 5) is 37.3. The van der Waals surface area contributed by atoms with Gasteiger partial charge in [-0.2, -0.15) is 0 Å². The van der Waals surface area contributed by atoms with E-state index in [1.165, 1.54) is 13.3 Å². The van der Waals surface area contributed by atoms with E-state index >= 15 is 0 Å². The average Bonchev–Trinajstić information content (AvgIpc) is 2.77. The highest BCUT2D eigenvalue weighted by atomic mass is 16.5. The maximum Gasteiger partial charge on any atom is 0.356 e. The van der Waals surface area contributed by atoms with Crippen molar-refractivity contribution in [1.82, 2.24) is 19.9 Å². The van der Waals surface area contributed by atoms with Crippen molar-refractivity contribution >= 4 is 17.0 Å². The average molecular weight is 408 g/mol. The Bertz CT molecular complexity index is 1130. The van der Waals surface area contributed by atoms with Crippen molar-refractivity contribution in [2.24, 2.45) is 0 Å². The summed E-state index contributed by atoms with van der Waals surface area (Å²) in [6.45, 7) is 5.55. The number of carbonyl (C=O) groups is 1. The normalized spacial score (nSPS) is 18.8. The van der Waals surface area contributed by atoms with Crippen molar-refractivity contribution in [2.75, 3.05) is 13.7 Å². The first-order valence-electron chi connectivity index (χ1n) is 9.94. The van der Waals surface area contributed by atoms with E-state index in [0.717, 1.165) is 35.2 Å². The summed E-state index contributed by atoms with van der Waals surface area (Å²) in [6, 6.07) is 7.37. The maximum absolute atomic E-state index is 12.1. The van der Waals surface area contributed by atoms with Crippen molar-refractivity contribution in [3.63, 3.8) is 0 Å². The highest BCUT2D eigenvalue weighted by Gasteiger charge is 2.37. The Hall–Kier alpha value is -3.26. The van der Waals surface area contributed by atoms with E-state index in [4.69, 9.17) is 4.74 Å². The predicted octanol–water partition coefficient (Wildman–Crippen LogP) is 2.32. The zero-order chi connectivity index (χ0) is 21.3. The van der Waals surface area contributed by atoms with Crippen LogP contribution in [0, 0.1) is 0 Å². The van der Waals surface area contributed by atoms with Gasteiger partial charge in [-0.3, -0.25) is 14.7 Å². The summed E-state index contributed by atoms with van der Waals surface area (Å²) >= 11 is 0. The number of hydrogen-bond donors (Lipinski definition) is 1. The van der Waals surface area contributed by atoms with Gasteiger partial charge in [0, 0.05) is 30.9 Å². The lowest BCUT2D eigenvalue weighted by Gasteiger charge is -2.45. The second kappa shape index (κ2) is 8.23. The molecule has 0 aliphatic carbocycles. The van der Waals surface area contributed by atoms with E-state index in [1.54, 1.807) is 12.1 Å². The summed E-state index contributed by atoms with van der Waals surface area (Å²) in [6.07, 6.45) is 4.12. The van der Waals surface area contributed by atoms with Gasteiger partial charge < -0.3 is 14.5 Å². The molecule has 0 bridgehead atoms. The molecule has 30 heavy (non-hydrogen) atoms. The molecule has 8 nitrogen and oxygen atoms in total. The van der Waals surface area contributed by atoms with Crippen LogP contribution in [0.4, 0.5) is 0 Å². The fourth-order valence-electron chi connectivity index (χ4n) is 3.59. The van der Waals surface area contributed by atoms with Crippen LogP contribution in [-0.2, 0) is 17.7 Å². The Labute approximate surface area is 173 Å². The van der Waals surface area contributed by atoms with E-state index in [0.29, 0.717) is 12.2 Å². The molecule has 1 N–H and O–H groups in total. The summed E-state index contributed by atoms with van der Waals surface area (Å²) in [5, 5.41) is 0. The molecule has 0 unspecified atom stereocenters. The molecule has 0 radical (unpaired) electrons. The Morgan fingerprint density at radius 2 is 2.10 bits per heavy atom. The third kappa shape index (κ3) is 3.91. The van der Waals surface area contributed by atoms with Crippen LogP contribution in [0.15, 0.2) is 41.5 Å². The molecule has 0 saturated carbocycles. The lowest BCUT2D eigenvalue weighted by Crippen LogP contribution is -2.60. The van der Waals surface area contributed by atoms with Crippen molar-refractivity contribution in [3.8, 4) is 5.75 Å². The minimum Gasteiger partial charge on any atom is -0.486 e. The van der Waals surface area contributed by atoms with Crippen molar-refractivity contribution in [3.05, 3.63) is 63.8 Å². The second-order valence-electron chi connectivity index (χ2n) is 7.45. The quantitative estimate of drug-likeness (QED) is 0.625. The summed E-state index contributed by atoms with van der Waals surface area (Å²) in [5.41, 5.74) is 3.54. The molecule has 0 aromatic carbocycles. The molecule has 3 aromatic rings. The van der Waals surface area contributed by atoms with Crippen LogP contribution < -0.4 is 10.3 Å². The number of H-pyrrole nitrogens is 1. The smallest absolute Gasteiger partial charge is 0.356 e. The van der Waals surface area contributed by atoms with Gasteiger partial charge in [0.15, 0.2) is 0 Å². The second-order valence-corrected chi connectivity index (χ2v) is 7.45. The number of carbonyl (C=O) groups excluding carboxylic acids is 1. The maximum atomic E-state index is 12.1. The predicted molar refractivity (Wildman–Crippen MR) is 112 cm³/mol. The van der Waals surface area contributed by atoms with E-state index in [2.05, 4.69) is 31.5 Å². The Morgan fingerprint density at radius 1 is 1.27 bits per heavy atom. The number of nitrogens with one attached hydrogen (secondary N) is 1. The van der Waals surface area contributed by atoms with Crippen LogP contribution in [0.5, 0.6) is 5.75 Å². The molecule has 0 spiro atoms. The highest BCUT2D eigenvalue weighted by Crippen LogP contribution is 2.26. The number of methoxy groups -OCH3 is 1. The number of aromatic nitrogens is 3. The van der Waals surface area contributed by atoms with Crippen LogP contribution in [0.1, 0.15) is 35.5 Å². The standard InChI is InChI=1S/C22H24N4O4/c1-4-15-8-18-19(25-21(15)27)7-14(9-23-18)11-26-12-20(13(26)2)30-16-5-6-17(24-10-16)22(28)29-3/h5-10,13,20H,4,11-12H2,1-3H3,(H,25,27)/t13-,20+/m1/s1. The number of aromatic amines is 1. The molecule has 0 amide bonds. The minimum atomic E-state index is -0.471. The summed E-state index contributed by atoms with van der Waals surface area (Å²) < 4.78 is 10.6. The van der Waals surface area contributed by atoms with Gasteiger partial charge >= 0.3 is 5.97 Å². The first kappa shape index (κ1) is 20.0.